The molecule has 1 saturated carbocycles. The van der Waals surface area contributed by atoms with Crippen LogP contribution in [0.5, 0.6) is 0 Å². The first-order valence-electron chi connectivity index (χ1n) is 17.7. The first-order chi connectivity index (χ1) is 23.6. The van der Waals surface area contributed by atoms with Crippen LogP contribution in [0.1, 0.15) is 111 Å². The number of ketones is 1. The molecule has 2 amide bonds. The number of nitrogens with zero attached hydrogens (tertiary/aromatic N) is 4. The SMILES string of the molecule is CC(=O)O[C@H](C[C@H](C(C)C)N(C)C(=O)[C@@H](CC(=O)[C@H]1CCCCN1C)C1CC1)c1nc(C(=O)N[C@@H](Cc2nc(C)cs2)C[C@H](C)C(=O)O)cs1. The number of aromatic nitrogens is 2. The van der Waals surface area contributed by atoms with Gasteiger partial charge in [-0.25, -0.2) is 9.97 Å². The molecular formula is C36H53N5O7S2. The van der Waals surface area contributed by atoms with E-state index in [1.54, 1.807) is 24.3 Å². The van der Waals surface area contributed by atoms with Crippen LogP contribution < -0.4 is 5.32 Å². The van der Waals surface area contributed by atoms with Gasteiger partial charge in [0.15, 0.2) is 11.9 Å². The molecule has 1 aliphatic carbocycles. The van der Waals surface area contributed by atoms with E-state index < -0.39 is 35.9 Å². The van der Waals surface area contributed by atoms with Crippen molar-refractivity contribution < 1.29 is 33.8 Å². The number of carboxylic acids is 1. The van der Waals surface area contributed by atoms with Crippen LogP contribution in [0.2, 0.25) is 0 Å². The number of likely N-dealkylation sites (N-methyl/N-ethyl adjacent to an activating group) is 1. The third kappa shape index (κ3) is 10.9. The Morgan fingerprint density at radius 2 is 1.78 bits per heavy atom. The largest absolute Gasteiger partial charge is 0.481 e. The summed E-state index contributed by atoms with van der Waals surface area (Å²) in [5, 5.41) is 17.2. The number of likely N-dealkylation sites (tertiary alicyclic amines) is 1. The summed E-state index contributed by atoms with van der Waals surface area (Å²) in [6, 6.07) is -0.949. The van der Waals surface area contributed by atoms with E-state index in [4.69, 9.17) is 4.74 Å². The summed E-state index contributed by atoms with van der Waals surface area (Å²) in [4.78, 5) is 77.8. The predicted octanol–water partition coefficient (Wildman–Crippen LogP) is 5.31. The van der Waals surface area contributed by atoms with Crippen LogP contribution in [0.3, 0.4) is 0 Å². The highest BCUT2D eigenvalue weighted by molar-refractivity contribution is 7.10. The summed E-state index contributed by atoms with van der Waals surface area (Å²) in [5.41, 5.74) is 0.994. The lowest BCUT2D eigenvalue weighted by Crippen LogP contribution is -2.47. The Morgan fingerprint density at radius 3 is 2.36 bits per heavy atom. The number of thiazole rings is 2. The highest BCUT2D eigenvalue weighted by Crippen LogP contribution is 2.41. The number of carbonyl (C=O) groups is 5. The summed E-state index contributed by atoms with van der Waals surface area (Å²) >= 11 is 2.65. The van der Waals surface area contributed by atoms with Gasteiger partial charge < -0.3 is 20.1 Å². The monoisotopic (exact) mass is 731 g/mol. The molecular weight excluding hydrogens is 679 g/mol. The zero-order chi connectivity index (χ0) is 36.7. The van der Waals surface area contributed by atoms with Gasteiger partial charge in [-0.3, -0.25) is 28.9 Å². The number of aliphatic carboxylic acids is 1. The number of hydrogen-bond donors (Lipinski definition) is 2. The summed E-state index contributed by atoms with van der Waals surface area (Å²) < 4.78 is 5.76. The molecule has 2 N–H and O–H groups in total. The van der Waals surface area contributed by atoms with E-state index in [0.717, 1.165) is 49.4 Å². The van der Waals surface area contributed by atoms with E-state index >= 15 is 0 Å². The molecule has 6 atom stereocenters. The van der Waals surface area contributed by atoms with E-state index in [2.05, 4.69) is 20.2 Å². The van der Waals surface area contributed by atoms with Gasteiger partial charge in [0.25, 0.3) is 5.91 Å². The van der Waals surface area contributed by atoms with Gasteiger partial charge in [0.05, 0.1) is 17.0 Å². The normalized spacial score (nSPS) is 19.6. The molecule has 0 radical (unpaired) electrons. The van der Waals surface area contributed by atoms with Crippen molar-refractivity contribution in [2.45, 2.75) is 117 Å². The van der Waals surface area contributed by atoms with Crippen LogP contribution in [-0.2, 0) is 30.3 Å². The Balaban J connectivity index is 1.48. The number of amides is 2. The van der Waals surface area contributed by atoms with Gasteiger partial charge in [-0.05, 0) is 64.5 Å². The number of nitrogens with one attached hydrogen (secondary N) is 1. The van der Waals surface area contributed by atoms with Gasteiger partial charge in [-0.15, -0.1) is 22.7 Å². The molecule has 2 aromatic rings. The van der Waals surface area contributed by atoms with Crippen molar-refractivity contribution >= 4 is 52.2 Å². The molecule has 4 rings (SSSR count). The summed E-state index contributed by atoms with van der Waals surface area (Å²) in [6.07, 6.45) is 5.10. The number of rotatable bonds is 18. The Kier molecular flexibility index (Phi) is 14.1. The van der Waals surface area contributed by atoms with Crippen LogP contribution in [0.15, 0.2) is 10.8 Å². The average Bonchev–Trinajstić information content (AvgIpc) is 3.62. The Morgan fingerprint density at radius 1 is 1.06 bits per heavy atom. The van der Waals surface area contributed by atoms with Crippen LogP contribution in [0, 0.1) is 30.6 Å². The van der Waals surface area contributed by atoms with Crippen LogP contribution in [0.25, 0.3) is 0 Å². The highest BCUT2D eigenvalue weighted by atomic mass is 32.1. The minimum atomic E-state index is -0.949. The first kappa shape index (κ1) is 39.6. The molecule has 0 unspecified atom stereocenters. The molecule has 2 fully saturated rings. The second-order valence-corrected chi connectivity index (χ2v) is 16.3. The lowest BCUT2D eigenvalue weighted by Gasteiger charge is -2.36. The average molecular weight is 732 g/mol. The number of hydrogen-bond acceptors (Lipinski definition) is 11. The molecule has 1 saturated heterocycles. The van der Waals surface area contributed by atoms with Gasteiger partial charge in [0.2, 0.25) is 5.91 Å². The first-order valence-corrected chi connectivity index (χ1v) is 19.5. The molecule has 3 heterocycles. The summed E-state index contributed by atoms with van der Waals surface area (Å²) in [6.45, 7) is 9.71. The number of aryl methyl sites for hydroxylation is 1. The minimum Gasteiger partial charge on any atom is -0.481 e. The molecule has 0 bridgehead atoms. The van der Waals surface area contributed by atoms with Gasteiger partial charge >= 0.3 is 11.9 Å². The van der Waals surface area contributed by atoms with E-state index in [0.29, 0.717) is 11.4 Å². The molecule has 2 aromatic heterocycles. The number of piperidine rings is 1. The smallest absolute Gasteiger partial charge is 0.306 e. The second-order valence-electron chi connectivity index (χ2n) is 14.5. The second kappa shape index (κ2) is 17.8. The van der Waals surface area contributed by atoms with E-state index in [1.807, 2.05) is 33.2 Å². The van der Waals surface area contributed by atoms with Crippen LogP contribution in [-0.4, -0.2) is 93.2 Å². The fraction of sp³-hybridized carbons (Fsp3) is 0.694. The lowest BCUT2D eigenvalue weighted by atomic mass is 9.88. The number of carboxylic acid groups (broad SMARTS) is 1. The maximum atomic E-state index is 14.1. The minimum absolute atomic E-state index is 0.00347. The Hall–Kier alpha value is -3.23. The van der Waals surface area contributed by atoms with Crippen molar-refractivity contribution in [2.24, 2.45) is 23.7 Å². The van der Waals surface area contributed by atoms with Gasteiger partial charge in [-0.2, -0.15) is 0 Å². The molecule has 14 heteroatoms. The van der Waals surface area contributed by atoms with E-state index in [9.17, 15) is 29.1 Å². The molecule has 0 aromatic carbocycles. The quantitative estimate of drug-likeness (QED) is 0.193. The van der Waals surface area contributed by atoms with Crippen molar-refractivity contribution in [3.8, 4) is 0 Å². The Labute approximate surface area is 303 Å². The molecule has 276 valence electrons. The number of Topliss-reactive ketones (excluding diaryl/α,β-unsaturated/α-hetero) is 1. The fourth-order valence-electron chi connectivity index (χ4n) is 6.94. The van der Waals surface area contributed by atoms with Crippen molar-refractivity contribution in [3.05, 3.63) is 32.2 Å². The van der Waals surface area contributed by atoms with E-state index in [1.165, 1.54) is 29.6 Å². The van der Waals surface area contributed by atoms with Gasteiger partial charge in [0.1, 0.15) is 10.7 Å². The zero-order valence-corrected chi connectivity index (χ0v) is 32.0. The van der Waals surface area contributed by atoms with Crippen molar-refractivity contribution in [1.82, 2.24) is 25.1 Å². The van der Waals surface area contributed by atoms with E-state index in [-0.39, 0.29) is 66.5 Å². The summed E-state index contributed by atoms with van der Waals surface area (Å²) in [7, 11) is 3.76. The lowest BCUT2D eigenvalue weighted by molar-refractivity contribution is -0.149. The molecule has 1 aliphatic heterocycles. The maximum absolute atomic E-state index is 14.1. The zero-order valence-electron chi connectivity index (χ0n) is 30.3. The van der Waals surface area contributed by atoms with Gasteiger partial charge in [0, 0.05) is 67.7 Å². The van der Waals surface area contributed by atoms with Crippen molar-refractivity contribution in [2.75, 3.05) is 20.6 Å². The molecule has 12 nitrogen and oxygen atoms in total. The summed E-state index contributed by atoms with van der Waals surface area (Å²) in [5.74, 6) is -2.70. The highest BCUT2D eigenvalue weighted by Gasteiger charge is 2.42. The predicted molar refractivity (Wildman–Crippen MR) is 192 cm³/mol. The maximum Gasteiger partial charge on any atom is 0.306 e. The standard InChI is InChI=1S/C36H53N5O7S2/c1-20(2)29(41(7)35(45)26(24-11-12-24)16-30(43)28-10-8-9-13-40(28)6)17-31(48-23(5)42)34-39-27(19-50-34)33(44)38-25(14-21(3)36(46)47)15-32-37-22(4)18-49-32/h18-21,24-26,28-29,31H,8-17H2,1-7H3,(H,38,44)(H,46,47)/t21-,25+,26-,28+,29+,31+/m0/s1. The number of esters is 1. The van der Waals surface area contributed by atoms with Gasteiger partial charge in [-0.1, -0.05) is 27.2 Å². The van der Waals surface area contributed by atoms with Crippen molar-refractivity contribution in [1.29, 1.82) is 0 Å². The van der Waals surface area contributed by atoms with Crippen LogP contribution in [0.4, 0.5) is 0 Å². The van der Waals surface area contributed by atoms with Crippen LogP contribution >= 0.6 is 22.7 Å². The number of ether oxygens (including phenoxy) is 1. The Bertz CT molecular complexity index is 1500. The molecule has 0 spiro atoms. The van der Waals surface area contributed by atoms with Crippen molar-refractivity contribution in [3.63, 3.8) is 0 Å². The molecule has 50 heavy (non-hydrogen) atoms. The topological polar surface area (TPSA) is 159 Å². The number of carbonyl (C=O) groups excluding carboxylic acids is 4. The third-order valence-electron chi connectivity index (χ3n) is 9.96. The fourth-order valence-corrected chi connectivity index (χ4v) is 8.63. The third-order valence-corrected chi connectivity index (χ3v) is 11.9. The molecule has 2 aliphatic rings.